The van der Waals surface area contributed by atoms with Crippen molar-refractivity contribution in [1.82, 2.24) is 4.98 Å². The lowest BCUT2D eigenvalue weighted by Crippen LogP contribution is -2.01. The summed E-state index contributed by atoms with van der Waals surface area (Å²) in [7, 11) is 1.70. The molecule has 0 aliphatic carbocycles. The van der Waals surface area contributed by atoms with E-state index in [4.69, 9.17) is 4.74 Å². The molecule has 1 aromatic heterocycles. The topological polar surface area (TPSA) is 69.7 Å². The lowest BCUT2D eigenvalue weighted by molar-refractivity contribution is 0.195. The molecule has 4 nitrogen and oxygen atoms in total. The van der Waals surface area contributed by atoms with Crippen LogP contribution in [0.15, 0.2) is 59.6 Å². The summed E-state index contributed by atoms with van der Waals surface area (Å²) in [6, 6.07) is 22.7. The lowest BCUT2D eigenvalue weighted by Gasteiger charge is -2.14. The second kappa shape index (κ2) is 13.3. The van der Waals surface area contributed by atoms with Gasteiger partial charge in [0.1, 0.15) is 17.2 Å². The predicted molar refractivity (Wildman–Crippen MR) is 131 cm³/mol. The Balaban J connectivity index is 0.00000176. The molecule has 2 aromatic carbocycles. The number of rotatable bonds is 8. The molecule has 0 radical (unpaired) electrons. The zero-order valence-corrected chi connectivity index (χ0v) is 20.0. The zero-order chi connectivity index (χ0) is 23.3. The van der Waals surface area contributed by atoms with E-state index in [1.165, 1.54) is 17.3 Å². The molecule has 1 heterocycles. The van der Waals surface area contributed by atoms with E-state index in [9.17, 15) is 10.5 Å². The number of aromatic nitrogens is 1. The van der Waals surface area contributed by atoms with E-state index in [1.54, 1.807) is 7.11 Å². The fraction of sp³-hybridized carbons (Fsp3) is 0.296. The molecule has 0 aliphatic heterocycles. The summed E-state index contributed by atoms with van der Waals surface area (Å²) in [4.78, 5) is 4.59. The van der Waals surface area contributed by atoms with Crippen molar-refractivity contribution in [1.29, 1.82) is 10.5 Å². The molecule has 0 atom stereocenters. The van der Waals surface area contributed by atoms with Crippen LogP contribution in [0.25, 0.3) is 11.1 Å². The number of benzene rings is 2. The standard InChI is InChI=1S/C25H23N3OS.C2H6/c1-18-22(15-26)24(21-12-10-19(11-13-21)9-6-14-29-2)23(16-27)25(28-18)30-17-20-7-4-3-5-8-20;1-2/h3-5,7-8,10-13H,6,9,14,17H2,1-2H3;1-2H3. The number of thioether (sulfide) groups is 1. The SMILES string of the molecule is CC.COCCCc1ccc(-c2c(C#N)c(C)nc(SCc3ccccc3)c2C#N)cc1. The molecule has 0 unspecified atom stereocenters. The Kier molecular flexibility index (Phi) is 10.5. The highest BCUT2D eigenvalue weighted by molar-refractivity contribution is 7.98. The second-order valence-electron chi connectivity index (χ2n) is 6.92. The van der Waals surface area contributed by atoms with Crippen molar-refractivity contribution in [3.8, 4) is 23.3 Å². The van der Waals surface area contributed by atoms with E-state index in [2.05, 4.69) is 41.4 Å². The molecule has 3 aromatic rings. The Morgan fingerprint density at radius 2 is 1.56 bits per heavy atom. The Labute approximate surface area is 195 Å². The Bertz CT molecular complexity index is 1080. The van der Waals surface area contributed by atoms with E-state index in [0.717, 1.165) is 30.6 Å². The molecule has 0 spiro atoms. The van der Waals surface area contributed by atoms with Gasteiger partial charge in [-0.1, -0.05) is 68.4 Å². The summed E-state index contributed by atoms with van der Waals surface area (Å²) < 4.78 is 5.12. The van der Waals surface area contributed by atoms with Gasteiger partial charge in [-0.3, -0.25) is 0 Å². The summed E-state index contributed by atoms with van der Waals surface area (Å²) in [6.07, 6.45) is 1.88. The number of hydrogen-bond acceptors (Lipinski definition) is 5. The van der Waals surface area contributed by atoms with Crippen LogP contribution in [0.4, 0.5) is 0 Å². The first kappa shape index (κ1) is 25.1. The number of aryl methyl sites for hydroxylation is 2. The van der Waals surface area contributed by atoms with E-state index in [1.807, 2.05) is 51.1 Å². The van der Waals surface area contributed by atoms with Crippen LogP contribution < -0.4 is 0 Å². The summed E-state index contributed by atoms with van der Waals surface area (Å²) >= 11 is 1.53. The van der Waals surface area contributed by atoms with Gasteiger partial charge < -0.3 is 4.74 Å². The minimum Gasteiger partial charge on any atom is -0.385 e. The number of hydrogen-bond donors (Lipinski definition) is 0. The molecule has 32 heavy (non-hydrogen) atoms. The van der Waals surface area contributed by atoms with Crippen molar-refractivity contribution in [2.24, 2.45) is 0 Å². The van der Waals surface area contributed by atoms with Crippen molar-refractivity contribution in [2.75, 3.05) is 13.7 Å². The van der Waals surface area contributed by atoms with Crippen molar-refractivity contribution in [3.63, 3.8) is 0 Å². The number of ether oxygens (including phenoxy) is 1. The van der Waals surface area contributed by atoms with Gasteiger partial charge in [-0.2, -0.15) is 10.5 Å². The van der Waals surface area contributed by atoms with Crippen LogP contribution in [0, 0.1) is 29.6 Å². The largest absolute Gasteiger partial charge is 0.385 e. The van der Waals surface area contributed by atoms with Gasteiger partial charge in [0.05, 0.1) is 16.8 Å². The third-order valence-corrected chi connectivity index (χ3v) is 5.89. The van der Waals surface area contributed by atoms with Gasteiger partial charge in [-0.15, -0.1) is 11.8 Å². The monoisotopic (exact) mass is 443 g/mol. The van der Waals surface area contributed by atoms with Crippen LogP contribution in [-0.2, 0) is 16.9 Å². The molecule has 164 valence electrons. The lowest BCUT2D eigenvalue weighted by atomic mass is 9.94. The Morgan fingerprint density at radius 1 is 0.906 bits per heavy atom. The molecule has 0 bridgehead atoms. The predicted octanol–water partition coefficient (Wildman–Crippen LogP) is 6.70. The van der Waals surface area contributed by atoms with Crippen LogP contribution in [0.1, 0.15) is 48.2 Å². The van der Waals surface area contributed by atoms with Crippen molar-refractivity contribution in [3.05, 3.63) is 82.5 Å². The highest BCUT2D eigenvalue weighted by Gasteiger charge is 2.20. The molecule has 0 amide bonds. The van der Waals surface area contributed by atoms with Gasteiger partial charge in [0.25, 0.3) is 0 Å². The van der Waals surface area contributed by atoms with Crippen LogP contribution in [-0.4, -0.2) is 18.7 Å². The highest BCUT2D eigenvalue weighted by atomic mass is 32.2. The van der Waals surface area contributed by atoms with Gasteiger partial charge >= 0.3 is 0 Å². The van der Waals surface area contributed by atoms with Crippen LogP contribution in [0.2, 0.25) is 0 Å². The number of methoxy groups -OCH3 is 1. The first-order valence-electron chi connectivity index (χ1n) is 10.8. The maximum absolute atomic E-state index is 9.94. The normalized spacial score (nSPS) is 9.94. The van der Waals surface area contributed by atoms with Crippen molar-refractivity contribution < 1.29 is 4.74 Å². The molecule has 0 saturated carbocycles. The van der Waals surface area contributed by atoms with E-state index in [0.29, 0.717) is 33.2 Å². The van der Waals surface area contributed by atoms with Gasteiger partial charge in [0.15, 0.2) is 0 Å². The maximum Gasteiger partial charge on any atom is 0.115 e. The molecule has 0 fully saturated rings. The number of nitrogens with zero attached hydrogens (tertiary/aromatic N) is 3. The van der Waals surface area contributed by atoms with Gasteiger partial charge in [-0.05, 0) is 36.5 Å². The van der Waals surface area contributed by atoms with E-state index >= 15 is 0 Å². The third-order valence-electron chi connectivity index (χ3n) is 4.84. The zero-order valence-electron chi connectivity index (χ0n) is 19.2. The van der Waals surface area contributed by atoms with Crippen LogP contribution >= 0.6 is 11.8 Å². The third kappa shape index (κ3) is 6.44. The number of nitriles is 2. The Morgan fingerprint density at radius 3 is 2.16 bits per heavy atom. The fourth-order valence-electron chi connectivity index (χ4n) is 3.30. The highest BCUT2D eigenvalue weighted by Crippen LogP contribution is 2.35. The van der Waals surface area contributed by atoms with E-state index in [-0.39, 0.29) is 0 Å². The molecule has 0 saturated heterocycles. The quantitative estimate of drug-likeness (QED) is 0.286. The molecular weight excluding hydrogens is 414 g/mol. The molecule has 3 rings (SSSR count). The molecular formula is C27H29N3OS. The van der Waals surface area contributed by atoms with Gasteiger partial charge in [0, 0.05) is 25.0 Å². The summed E-state index contributed by atoms with van der Waals surface area (Å²) in [5.74, 6) is 0.714. The molecule has 5 heteroatoms. The minimum absolute atomic E-state index is 0.461. The van der Waals surface area contributed by atoms with Gasteiger partial charge in [0.2, 0.25) is 0 Å². The van der Waals surface area contributed by atoms with Crippen LogP contribution in [0.3, 0.4) is 0 Å². The maximum atomic E-state index is 9.94. The average Bonchev–Trinajstić information content (AvgIpc) is 2.85. The summed E-state index contributed by atoms with van der Waals surface area (Å²) in [6.45, 7) is 6.55. The minimum atomic E-state index is 0.461. The van der Waals surface area contributed by atoms with Crippen molar-refractivity contribution in [2.45, 2.75) is 44.4 Å². The number of pyridine rings is 1. The second-order valence-corrected chi connectivity index (χ2v) is 7.88. The molecule has 0 N–H and O–H groups in total. The summed E-state index contributed by atoms with van der Waals surface area (Å²) in [5.41, 5.74) is 5.48. The smallest absolute Gasteiger partial charge is 0.115 e. The summed E-state index contributed by atoms with van der Waals surface area (Å²) in [5, 5.41) is 20.4. The average molecular weight is 444 g/mol. The van der Waals surface area contributed by atoms with Crippen LogP contribution in [0.5, 0.6) is 0 Å². The van der Waals surface area contributed by atoms with E-state index < -0.39 is 0 Å². The van der Waals surface area contributed by atoms with Gasteiger partial charge in [-0.25, -0.2) is 4.98 Å². The first-order valence-corrected chi connectivity index (χ1v) is 11.8. The molecule has 0 aliphatic rings. The Hall–Kier alpha value is -3.12. The van der Waals surface area contributed by atoms with Crippen molar-refractivity contribution >= 4 is 11.8 Å². The fourth-order valence-corrected chi connectivity index (χ4v) is 4.28. The first-order chi connectivity index (χ1) is 15.7.